The fourth-order valence-corrected chi connectivity index (χ4v) is 3.68. The minimum atomic E-state index is -0.0202. The standard InChI is InChI=1S/C17H20N6OS/c1-2-3-15-21-22-17(25-15)20-16(24)13-6-8-23(9-7-13)14-5-4-12(10-18)11-19-14/h4-5,11,13H,2-3,6-9H2,1H3,(H,20,22,24). The topological polar surface area (TPSA) is 94.8 Å². The third-order valence-corrected chi connectivity index (χ3v) is 5.13. The monoisotopic (exact) mass is 356 g/mol. The van der Waals surface area contributed by atoms with Gasteiger partial charge >= 0.3 is 0 Å². The number of piperidine rings is 1. The number of amides is 1. The van der Waals surface area contributed by atoms with E-state index in [1.165, 1.54) is 11.3 Å². The van der Waals surface area contributed by atoms with Gasteiger partial charge in [-0.25, -0.2) is 4.98 Å². The van der Waals surface area contributed by atoms with E-state index in [0.717, 1.165) is 49.6 Å². The first-order valence-corrected chi connectivity index (χ1v) is 9.25. The van der Waals surface area contributed by atoms with Crippen molar-refractivity contribution in [2.75, 3.05) is 23.3 Å². The molecule has 2 aromatic heterocycles. The van der Waals surface area contributed by atoms with Crippen LogP contribution >= 0.6 is 11.3 Å². The SMILES string of the molecule is CCCc1nnc(NC(=O)C2CCN(c3ccc(C#N)cn3)CC2)s1. The fraction of sp³-hybridized carbons (Fsp3) is 0.471. The highest BCUT2D eigenvalue weighted by atomic mass is 32.1. The number of hydrogen-bond acceptors (Lipinski definition) is 7. The van der Waals surface area contributed by atoms with Crippen molar-refractivity contribution in [1.82, 2.24) is 15.2 Å². The summed E-state index contributed by atoms with van der Waals surface area (Å²) in [6.07, 6.45) is 5.04. The molecular weight excluding hydrogens is 336 g/mol. The Morgan fingerprint density at radius 2 is 2.20 bits per heavy atom. The van der Waals surface area contributed by atoms with Gasteiger partial charge in [0.2, 0.25) is 11.0 Å². The van der Waals surface area contributed by atoms with E-state index in [2.05, 4.69) is 38.4 Å². The van der Waals surface area contributed by atoms with Gasteiger partial charge in [-0.1, -0.05) is 18.3 Å². The lowest BCUT2D eigenvalue weighted by Crippen LogP contribution is -2.38. The summed E-state index contributed by atoms with van der Waals surface area (Å²) < 4.78 is 0. The second kappa shape index (κ2) is 8.03. The Hall–Kier alpha value is -2.53. The first kappa shape index (κ1) is 17.3. The van der Waals surface area contributed by atoms with Crippen LogP contribution in [-0.4, -0.2) is 34.2 Å². The molecule has 0 saturated carbocycles. The molecule has 1 amide bonds. The molecule has 0 aromatic carbocycles. The van der Waals surface area contributed by atoms with Crippen molar-refractivity contribution in [1.29, 1.82) is 5.26 Å². The van der Waals surface area contributed by atoms with E-state index in [0.29, 0.717) is 10.7 Å². The van der Waals surface area contributed by atoms with Gasteiger partial charge in [-0.2, -0.15) is 5.26 Å². The highest BCUT2D eigenvalue weighted by Crippen LogP contribution is 2.24. The first-order valence-electron chi connectivity index (χ1n) is 8.44. The molecule has 8 heteroatoms. The lowest BCUT2D eigenvalue weighted by molar-refractivity contribution is -0.120. The largest absolute Gasteiger partial charge is 0.357 e. The molecule has 0 atom stereocenters. The molecule has 0 unspecified atom stereocenters. The van der Waals surface area contributed by atoms with E-state index in [-0.39, 0.29) is 11.8 Å². The summed E-state index contributed by atoms with van der Waals surface area (Å²) in [7, 11) is 0. The van der Waals surface area contributed by atoms with Crippen molar-refractivity contribution in [3.63, 3.8) is 0 Å². The van der Waals surface area contributed by atoms with Crippen LogP contribution < -0.4 is 10.2 Å². The van der Waals surface area contributed by atoms with Gasteiger partial charge in [-0.3, -0.25) is 4.79 Å². The van der Waals surface area contributed by atoms with Crippen LogP contribution in [0.2, 0.25) is 0 Å². The molecule has 25 heavy (non-hydrogen) atoms. The summed E-state index contributed by atoms with van der Waals surface area (Å²) in [5.41, 5.74) is 0.553. The van der Waals surface area contributed by atoms with Gasteiger partial charge in [0.25, 0.3) is 0 Å². The van der Waals surface area contributed by atoms with Gasteiger partial charge in [-0.05, 0) is 31.4 Å². The fourth-order valence-electron chi connectivity index (χ4n) is 2.84. The molecule has 7 nitrogen and oxygen atoms in total. The van der Waals surface area contributed by atoms with E-state index < -0.39 is 0 Å². The zero-order valence-electron chi connectivity index (χ0n) is 14.1. The van der Waals surface area contributed by atoms with Crippen LogP contribution in [0.5, 0.6) is 0 Å². The van der Waals surface area contributed by atoms with Gasteiger partial charge in [0.05, 0.1) is 5.56 Å². The van der Waals surface area contributed by atoms with Crippen LogP contribution in [0, 0.1) is 17.2 Å². The first-order chi connectivity index (χ1) is 12.2. The number of nitriles is 1. The van der Waals surface area contributed by atoms with Crippen LogP contribution in [-0.2, 0) is 11.2 Å². The summed E-state index contributed by atoms with van der Waals surface area (Å²) in [6, 6.07) is 5.69. The van der Waals surface area contributed by atoms with Crippen molar-refractivity contribution < 1.29 is 4.79 Å². The maximum absolute atomic E-state index is 12.4. The van der Waals surface area contributed by atoms with Crippen molar-refractivity contribution in [2.24, 2.45) is 5.92 Å². The highest BCUT2D eigenvalue weighted by Gasteiger charge is 2.26. The summed E-state index contributed by atoms with van der Waals surface area (Å²) in [4.78, 5) is 18.9. The quantitative estimate of drug-likeness (QED) is 0.885. The average Bonchev–Trinajstić information content (AvgIpc) is 3.09. The van der Waals surface area contributed by atoms with E-state index in [9.17, 15) is 4.79 Å². The summed E-state index contributed by atoms with van der Waals surface area (Å²) in [5.74, 6) is 0.853. The van der Waals surface area contributed by atoms with Crippen molar-refractivity contribution in [2.45, 2.75) is 32.6 Å². The second-order valence-electron chi connectivity index (χ2n) is 6.02. The second-order valence-corrected chi connectivity index (χ2v) is 7.08. The predicted octanol–water partition coefficient (Wildman–Crippen LogP) is 2.61. The molecule has 1 aliphatic rings. The minimum absolute atomic E-state index is 0.0200. The number of anilines is 2. The molecule has 1 aliphatic heterocycles. The van der Waals surface area contributed by atoms with Crippen LogP contribution in [0.4, 0.5) is 10.9 Å². The molecule has 0 spiro atoms. The van der Waals surface area contributed by atoms with E-state index in [1.54, 1.807) is 12.3 Å². The predicted molar refractivity (Wildman–Crippen MR) is 96.4 cm³/mol. The van der Waals surface area contributed by atoms with Gasteiger partial charge < -0.3 is 10.2 Å². The Morgan fingerprint density at radius 1 is 1.40 bits per heavy atom. The number of rotatable bonds is 5. The molecule has 0 aliphatic carbocycles. The highest BCUT2D eigenvalue weighted by molar-refractivity contribution is 7.15. The number of nitrogens with one attached hydrogen (secondary N) is 1. The number of carbonyl (C=O) groups is 1. The molecule has 130 valence electrons. The average molecular weight is 356 g/mol. The molecule has 3 heterocycles. The van der Waals surface area contributed by atoms with Gasteiger partial charge in [0, 0.05) is 31.6 Å². The number of hydrogen-bond donors (Lipinski definition) is 1. The molecule has 1 fully saturated rings. The Balaban J connectivity index is 1.52. The molecule has 1 saturated heterocycles. The summed E-state index contributed by atoms with van der Waals surface area (Å²) in [6.45, 7) is 3.64. The van der Waals surface area contributed by atoms with E-state index >= 15 is 0 Å². The molecule has 2 aromatic rings. The van der Waals surface area contributed by atoms with E-state index in [1.807, 2.05) is 6.07 Å². The van der Waals surface area contributed by atoms with Crippen LogP contribution in [0.15, 0.2) is 18.3 Å². The zero-order valence-corrected chi connectivity index (χ0v) is 14.9. The Labute approximate surface area is 150 Å². The minimum Gasteiger partial charge on any atom is -0.357 e. The van der Waals surface area contributed by atoms with E-state index in [4.69, 9.17) is 5.26 Å². The smallest absolute Gasteiger partial charge is 0.229 e. The van der Waals surface area contributed by atoms with Crippen LogP contribution in [0.25, 0.3) is 0 Å². The number of aryl methyl sites for hydroxylation is 1. The Kier molecular flexibility index (Phi) is 5.56. The number of nitrogens with zero attached hydrogens (tertiary/aromatic N) is 5. The third-order valence-electron chi connectivity index (χ3n) is 4.23. The third kappa shape index (κ3) is 4.31. The summed E-state index contributed by atoms with van der Waals surface area (Å²) in [5, 5.41) is 21.4. The molecule has 1 N–H and O–H groups in total. The van der Waals surface area contributed by atoms with Crippen LogP contribution in [0.3, 0.4) is 0 Å². The van der Waals surface area contributed by atoms with Crippen LogP contribution in [0.1, 0.15) is 36.8 Å². The van der Waals surface area contributed by atoms with Gasteiger partial charge in [0.1, 0.15) is 16.9 Å². The Bertz CT molecular complexity index is 758. The van der Waals surface area contributed by atoms with Gasteiger partial charge in [-0.15, -0.1) is 10.2 Å². The maximum Gasteiger partial charge on any atom is 0.229 e. The number of aromatic nitrogens is 3. The molecular formula is C17H20N6OS. The van der Waals surface area contributed by atoms with Crippen molar-refractivity contribution in [3.05, 3.63) is 28.9 Å². The summed E-state index contributed by atoms with van der Waals surface area (Å²) >= 11 is 1.45. The maximum atomic E-state index is 12.4. The lowest BCUT2D eigenvalue weighted by Gasteiger charge is -2.31. The molecule has 3 rings (SSSR count). The van der Waals surface area contributed by atoms with Crippen molar-refractivity contribution in [3.8, 4) is 6.07 Å². The van der Waals surface area contributed by atoms with Gasteiger partial charge in [0.15, 0.2) is 0 Å². The normalized spacial score (nSPS) is 15.0. The zero-order chi connectivity index (χ0) is 17.6. The number of pyridine rings is 1. The Morgan fingerprint density at radius 3 is 2.84 bits per heavy atom. The number of carbonyl (C=O) groups excluding carboxylic acids is 1. The lowest BCUT2D eigenvalue weighted by atomic mass is 9.96. The van der Waals surface area contributed by atoms with Crippen molar-refractivity contribution >= 4 is 28.2 Å². The molecule has 0 radical (unpaired) electrons. The molecule has 0 bridgehead atoms.